The Bertz CT molecular complexity index is 517. The molecule has 0 bridgehead atoms. The van der Waals surface area contributed by atoms with E-state index in [1.807, 2.05) is 0 Å². The number of carbonyl (C=O) groups excluding carboxylic acids is 2. The smallest absolute Gasteiger partial charge is 0.305 e. The van der Waals surface area contributed by atoms with E-state index in [2.05, 4.69) is 5.32 Å². The lowest BCUT2D eigenvalue weighted by Gasteiger charge is -2.34. The van der Waals surface area contributed by atoms with Crippen LogP contribution in [0.5, 0.6) is 0 Å². The number of carboxylic acid groups (broad SMARTS) is 1. The highest BCUT2D eigenvalue weighted by Crippen LogP contribution is 2.19. The summed E-state index contributed by atoms with van der Waals surface area (Å²) in [6.45, 7) is 0.332. The molecule has 1 aliphatic heterocycles. The second kappa shape index (κ2) is 7.16. The van der Waals surface area contributed by atoms with Crippen molar-refractivity contribution in [2.24, 2.45) is 0 Å². The monoisotopic (exact) mass is 312 g/mol. The number of carboxylic acids is 1. The van der Waals surface area contributed by atoms with E-state index in [1.54, 1.807) is 17.8 Å². The van der Waals surface area contributed by atoms with Gasteiger partial charge in [0.2, 0.25) is 5.91 Å². The minimum Gasteiger partial charge on any atom is -0.481 e. The SMILES string of the molecule is O=C(O)CC1CSCCN1C(=O)CNC(=O)c1ccco1. The fourth-order valence-electron chi connectivity index (χ4n) is 2.11. The number of hydrogen-bond acceptors (Lipinski definition) is 5. The van der Waals surface area contributed by atoms with Gasteiger partial charge >= 0.3 is 5.97 Å². The van der Waals surface area contributed by atoms with Crippen molar-refractivity contribution in [1.29, 1.82) is 0 Å². The topological polar surface area (TPSA) is 99.9 Å². The Morgan fingerprint density at radius 3 is 2.95 bits per heavy atom. The van der Waals surface area contributed by atoms with Gasteiger partial charge in [0.05, 0.1) is 25.3 Å². The van der Waals surface area contributed by atoms with Crippen LogP contribution in [-0.2, 0) is 9.59 Å². The Kier molecular flexibility index (Phi) is 5.26. The first kappa shape index (κ1) is 15.4. The van der Waals surface area contributed by atoms with Crippen LogP contribution in [0.4, 0.5) is 0 Å². The Hall–Kier alpha value is -1.96. The van der Waals surface area contributed by atoms with Gasteiger partial charge in [-0.2, -0.15) is 11.8 Å². The van der Waals surface area contributed by atoms with Crippen LogP contribution in [-0.4, -0.2) is 58.4 Å². The number of rotatable bonds is 5. The Balaban J connectivity index is 1.88. The average molecular weight is 312 g/mol. The van der Waals surface area contributed by atoms with Crippen LogP contribution in [0.15, 0.2) is 22.8 Å². The molecule has 1 atom stereocenters. The number of amides is 2. The fraction of sp³-hybridized carbons (Fsp3) is 0.462. The van der Waals surface area contributed by atoms with Gasteiger partial charge < -0.3 is 19.7 Å². The lowest BCUT2D eigenvalue weighted by molar-refractivity contribution is -0.140. The van der Waals surface area contributed by atoms with E-state index in [1.165, 1.54) is 17.2 Å². The molecule has 0 radical (unpaired) electrons. The number of nitrogens with one attached hydrogen (secondary N) is 1. The Morgan fingerprint density at radius 1 is 1.48 bits per heavy atom. The van der Waals surface area contributed by atoms with E-state index in [0.29, 0.717) is 12.3 Å². The predicted octanol–water partition coefficient (Wildman–Crippen LogP) is 0.428. The van der Waals surface area contributed by atoms with E-state index >= 15 is 0 Å². The van der Waals surface area contributed by atoms with E-state index in [9.17, 15) is 14.4 Å². The molecule has 1 aliphatic rings. The third-order valence-electron chi connectivity index (χ3n) is 3.10. The van der Waals surface area contributed by atoms with Crippen LogP contribution in [0.2, 0.25) is 0 Å². The number of aliphatic carboxylic acids is 1. The third kappa shape index (κ3) is 4.25. The second-order valence-electron chi connectivity index (χ2n) is 4.57. The second-order valence-corrected chi connectivity index (χ2v) is 5.72. The molecule has 0 saturated carbocycles. The van der Waals surface area contributed by atoms with Crippen molar-refractivity contribution in [1.82, 2.24) is 10.2 Å². The largest absolute Gasteiger partial charge is 0.481 e. The molecule has 2 amide bonds. The lowest BCUT2D eigenvalue weighted by atomic mass is 10.2. The summed E-state index contributed by atoms with van der Waals surface area (Å²) in [5.74, 6) is -0.159. The van der Waals surface area contributed by atoms with Crippen LogP contribution in [0.3, 0.4) is 0 Å². The van der Waals surface area contributed by atoms with Crippen LogP contribution in [0.1, 0.15) is 17.0 Å². The van der Waals surface area contributed by atoms with Gasteiger partial charge in [-0.25, -0.2) is 0 Å². The molecule has 2 heterocycles. The summed E-state index contributed by atoms with van der Waals surface area (Å²) in [5, 5.41) is 11.4. The predicted molar refractivity (Wildman–Crippen MR) is 76.1 cm³/mol. The van der Waals surface area contributed by atoms with Gasteiger partial charge in [0, 0.05) is 18.1 Å². The molecule has 1 saturated heterocycles. The first-order valence-electron chi connectivity index (χ1n) is 6.48. The van der Waals surface area contributed by atoms with Crippen LogP contribution in [0, 0.1) is 0 Å². The molecular formula is C13H16N2O5S. The van der Waals surface area contributed by atoms with Crippen molar-refractivity contribution in [3.05, 3.63) is 24.2 Å². The number of carbonyl (C=O) groups is 3. The van der Waals surface area contributed by atoms with E-state index in [4.69, 9.17) is 9.52 Å². The van der Waals surface area contributed by atoms with Crippen molar-refractivity contribution in [2.45, 2.75) is 12.5 Å². The lowest BCUT2D eigenvalue weighted by Crippen LogP contribution is -2.50. The van der Waals surface area contributed by atoms with E-state index in [-0.39, 0.29) is 30.7 Å². The summed E-state index contributed by atoms with van der Waals surface area (Å²) in [5.41, 5.74) is 0. The summed E-state index contributed by atoms with van der Waals surface area (Å²) in [6.07, 6.45) is 1.30. The van der Waals surface area contributed by atoms with Crippen LogP contribution in [0.25, 0.3) is 0 Å². The van der Waals surface area contributed by atoms with Gasteiger partial charge in [-0.1, -0.05) is 0 Å². The van der Waals surface area contributed by atoms with Gasteiger partial charge in [-0.05, 0) is 12.1 Å². The third-order valence-corrected chi connectivity index (χ3v) is 4.19. The molecule has 21 heavy (non-hydrogen) atoms. The molecule has 1 aromatic heterocycles. The van der Waals surface area contributed by atoms with E-state index in [0.717, 1.165) is 5.75 Å². The molecule has 8 heteroatoms. The Labute approximate surface area is 125 Å². The number of hydrogen-bond donors (Lipinski definition) is 2. The minimum atomic E-state index is -0.931. The van der Waals surface area contributed by atoms with Gasteiger partial charge in [-0.15, -0.1) is 0 Å². The summed E-state index contributed by atoms with van der Waals surface area (Å²) in [4.78, 5) is 36.2. The van der Waals surface area contributed by atoms with Crippen LogP contribution >= 0.6 is 11.8 Å². The van der Waals surface area contributed by atoms with Crippen molar-refractivity contribution >= 4 is 29.5 Å². The zero-order valence-corrected chi connectivity index (χ0v) is 12.1. The fourth-order valence-corrected chi connectivity index (χ4v) is 3.17. The van der Waals surface area contributed by atoms with Gasteiger partial charge in [0.25, 0.3) is 5.91 Å². The summed E-state index contributed by atoms with van der Waals surface area (Å²) in [7, 11) is 0. The zero-order chi connectivity index (χ0) is 15.2. The molecule has 2 N–H and O–H groups in total. The molecule has 1 aromatic rings. The zero-order valence-electron chi connectivity index (χ0n) is 11.3. The Morgan fingerprint density at radius 2 is 2.29 bits per heavy atom. The maximum Gasteiger partial charge on any atom is 0.305 e. The normalized spacial score (nSPS) is 18.3. The molecular weight excluding hydrogens is 296 g/mol. The van der Waals surface area contributed by atoms with Crippen molar-refractivity contribution in [3.63, 3.8) is 0 Å². The van der Waals surface area contributed by atoms with Gasteiger partial charge in [-0.3, -0.25) is 14.4 Å². The summed E-state index contributed by atoms with van der Waals surface area (Å²) in [6, 6.07) is 2.76. The molecule has 2 rings (SSSR count). The molecule has 0 aliphatic carbocycles. The molecule has 0 aromatic carbocycles. The maximum atomic E-state index is 12.1. The quantitative estimate of drug-likeness (QED) is 0.818. The van der Waals surface area contributed by atoms with Crippen LogP contribution < -0.4 is 5.32 Å². The first-order valence-corrected chi connectivity index (χ1v) is 7.64. The van der Waals surface area contributed by atoms with Gasteiger partial charge in [0.15, 0.2) is 5.76 Å². The average Bonchev–Trinajstić information content (AvgIpc) is 2.98. The van der Waals surface area contributed by atoms with E-state index < -0.39 is 11.9 Å². The first-order chi connectivity index (χ1) is 10.1. The molecule has 0 spiro atoms. The van der Waals surface area contributed by atoms with Crippen molar-refractivity contribution in [3.8, 4) is 0 Å². The maximum absolute atomic E-state index is 12.1. The summed E-state index contributed by atoms with van der Waals surface area (Å²) >= 11 is 1.63. The highest BCUT2D eigenvalue weighted by molar-refractivity contribution is 7.99. The molecule has 114 valence electrons. The minimum absolute atomic E-state index is 0.0785. The highest BCUT2D eigenvalue weighted by Gasteiger charge is 2.28. The van der Waals surface area contributed by atoms with Gasteiger partial charge in [0.1, 0.15) is 0 Å². The number of furan rings is 1. The highest BCUT2D eigenvalue weighted by atomic mass is 32.2. The number of thioether (sulfide) groups is 1. The molecule has 7 nitrogen and oxygen atoms in total. The number of nitrogens with zero attached hydrogens (tertiary/aromatic N) is 1. The van der Waals surface area contributed by atoms with Crippen molar-refractivity contribution < 1.29 is 23.9 Å². The molecule has 1 unspecified atom stereocenters. The molecule has 1 fully saturated rings. The van der Waals surface area contributed by atoms with Crippen molar-refractivity contribution in [2.75, 3.05) is 24.6 Å². The standard InChI is InChI=1S/C13H16N2O5S/c16-11(7-14-13(19)10-2-1-4-20-10)15-3-5-21-8-9(15)6-12(17)18/h1-2,4,9H,3,5-8H2,(H,14,19)(H,17,18). The summed E-state index contributed by atoms with van der Waals surface area (Å²) < 4.78 is 4.93.